The predicted octanol–water partition coefficient (Wildman–Crippen LogP) is -1.67. The summed E-state index contributed by atoms with van der Waals surface area (Å²) in [6, 6.07) is -1.09. The number of carboxylic acids is 1. The molecule has 2 amide bonds. The number of nitrogens with one attached hydrogen (secondary N) is 1. The van der Waals surface area contributed by atoms with Gasteiger partial charge in [0.1, 0.15) is 43.6 Å². The fraction of sp³-hybridized carbons (Fsp3) is 0.300. The van der Waals surface area contributed by atoms with Crippen molar-refractivity contribution in [1.82, 2.24) is 24.0 Å². The average molecular weight is 581 g/mol. The van der Waals surface area contributed by atoms with Crippen molar-refractivity contribution in [2.24, 2.45) is 5.16 Å². The molecule has 0 aliphatic carbocycles. The van der Waals surface area contributed by atoms with Gasteiger partial charge >= 0.3 is 5.82 Å². The first kappa shape index (κ1) is 25.7. The highest BCUT2D eigenvalue weighted by Gasteiger charge is 2.53. The fourth-order valence-corrected chi connectivity index (χ4v) is 6.58. The van der Waals surface area contributed by atoms with Gasteiger partial charge in [-0.3, -0.25) is 19.3 Å². The molecule has 0 aromatic carbocycles. The Balaban J connectivity index is 1.37. The number of alkyl halides is 1. The Morgan fingerprint density at radius 2 is 2.26 bits per heavy atom. The van der Waals surface area contributed by atoms with E-state index >= 15 is 0 Å². The summed E-state index contributed by atoms with van der Waals surface area (Å²) in [5.74, 6) is -2.77. The number of aromatic nitrogens is 4. The van der Waals surface area contributed by atoms with Crippen molar-refractivity contribution in [1.29, 1.82) is 0 Å². The second-order valence-corrected chi connectivity index (χ2v) is 10.7. The Hall–Kier alpha value is -3.90. The largest absolute Gasteiger partial charge is 0.543 e. The third-order valence-corrected chi connectivity index (χ3v) is 8.31. The van der Waals surface area contributed by atoms with E-state index in [9.17, 15) is 28.7 Å². The number of carbonyl (C=O) groups is 4. The molecule has 14 nitrogen and oxygen atoms in total. The fourth-order valence-electron chi connectivity index (χ4n) is 4.03. The third kappa shape index (κ3) is 4.50. The maximum Gasteiger partial charge on any atom is 0.328 e. The molecule has 5 heterocycles. The summed E-state index contributed by atoms with van der Waals surface area (Å²) >= 11 is 3.45. The quantitative estimate of drug-likeness (QED) is 0.0701. The van der Waals surface area contributed by atoms with Crippen LogP contribution >= 0.6 is 34.6 Å². The number of hydrogen-bond donors (Lipinski definition) is 2. The number of halogens is 1. The molecule has 3 aromatic rings. The minimum absolute atomic E-state index is 0.0476. The van der Waals surface area contributed by atoms with E-state index in [1.54, 1.807) is 21.4 Å². The summed E-state index contributed by atoms with van der Waals surface area (Å²) < 4.78 is 19.6. The first-order valence-electron chi connectivity index (χ1n) is 10.8. The average Bonchev–Trinajstić information content (AvgIpc) is 3.60. The molecule has 3 aromatic heterocycles. The lowest BCUT2D eigenvalue weighted by molar-refractivity contribution is -0.688. The second-order valence-electron chi connectivity index (χ2n) is 7.86. The first-order valence-corrected chi connectivity index (χ1v) is 13.5. The number of amides is 2. The Labute approximate surface area is 224 Å². The maximum absolute atomic E-state index is 13.0. The van der Waals surface area contributed by atoms with E-state index < -0.39 is 48.2 Å². The van der Waals surface area contributed by atoms with Crippen molar-refractivity contribution >= 4 is 74.4 Å². The number of hydrogen-bond acceptors (Lipinski definition) is 13. The molecule has 0 bridgehead atoms. The van der Waals surface area contributed by atoms with Crippen molar-refractivity contribution in [3.05, 3.63) is 40.7 Å². The van der Waals surface area contributed by atoms with Gasteiger partial charge in [-0.25, -0.2) is 8.96 Å². The summed E-state index contributed by atoms with van der Waals surface area (Å²) in [5, 5.41) is 19.3. The Bertz CT molecular complexity index is 1510. The van der Waals surface area contributed by atoms with Crippen LogP contribution in [0.3, 0.4) is 0 Å². The predicted molar refractivity (Wildman–Crippen MR) is 131 cm³/mol. The number of nitrogen functional groups attached to an aromatic ring is 1. The van der Waals surface area contributed by atoms with Crippen molar-refractivity contribution in [2.75, 3.05) is 24.8 Å². The summed E-state index contributed by atoms with van der Waals surface area (Å²) in [4.78, 5) is 60.2. The minimum Gasteiger partial charge on any atom is -0.543 e. The van der Waals surface area contributed by atoms with Crippen molar-refractivity contribution in [2.45, 2.75) is 18.0 Å². The molecule has 0 saturated carbocycles. The van der Waals surface area contributed by atoms with Crippen LogP contribution in [0, 0.1) is 0 Å². The summed E-state index contributed by atoms with van der Waals surface area (Å²) in [7, 11) is 0. The number of aliphatic carboxylic acids is 1. The topological polar surface area (TPSA) is 188 Å². The van der Waals surface area contributed by atoms with E-state index in [1.165, 1.54) is 23.1 Å². The number of carbonyl (C=O) groups excluding carboxylic acids is 4. The van der Waals surface area contributed by atoms with Gasteiger partial charge in [-0.15, -0.1) is 11.8 Å². The van der Waals surface area contributed by atoms with E-state index in [0.29, 0.717) is 17.7 Å². The molecule has 2 aliphatic rings. The van der Waals surface area contributed by atoms with Gasteiger partial charge in [0, 0.05) is 28.2 Å². The first-order chi connectivity index (χ1) is 18.3. The highest BCUT2D eigenvalue weighted by molar-refractivity contribution is 8.00. The molecule has 2 aliphatic heterocycles. The number of β-lactam (4-membered cyclic amide) rings is 1. The van der Waals surface area contributed by atoms with Crippen LogP contribution in [-0.2, 0) is 25.8 Å². The van der Waals surface area contributed by atoms with Crippen molar-refractivity contribution < 1.29 is 38.1 Å². The van der Waals surface area contributed by atoms with E-state index in [1.807, 2.05) is 5.38 Å². The van der Waals surface area contributed by atoms with E-state index in [4.69, 9.17) is 10.6 Å². The monoisotopic (exact) mass is 580 g/mol. The van der Waals surface area contributed by atoms with Crippen LogP contribution in [0.4, 0.5) is 9.52 Å². The summed E-state index contributed by atoms with van der Waals surface area (Å²) in [5.41, 5.74) is 5.22. The van der Waals surface area contributed by atoms with Crippen LogP contribution in [0.1, 0.15) is 16.4 Å². The molecular weight excluding hydrogens is 563 g/mol. The van der Waals surface area contributed by atoms with Crippen molar-refractivity contribution in [3.63, 3.8) is 0 Å². The molecule has 18 heteroatoms. The Morgan fingerprint density at radius 3 is 2.95 bits per heavy atom. The molecule has 1 saturated heterocycles. The van der Waals surface area contributed by atoms with E-state index in [-0.39, 0.29) is 29.0 Å². The van der Waals surface area contributed by atoms with Crippen LogP contribution in [-0.4, -0.2) is 78.9 Å². The number of fused-ring (bicyclic) bond motifs is 2. The third-order valence-electron chi connectivity index (χ3n) is 5.63. The molecule has 5 rings (SSSR count). The van der Waals surface area contributed by atoms with Gasteiger partial charge in [0.2, 0.25) is 22.7 Å². The molecule has 0 unspecified atom stereocenters. The molecule has 3 N–H and O–H groups in total. The highest BCUT2D eigenvalue weighted by atomic mass is 32.2. The van der Waals surface area contributed by atoms with Crippen LogP contribution in [0.5, 0.6) is 0 Å². The SMILES string of the molecule is Nc1nc(/C(=N/OCCF)C(=O)N[C@@H]2C(=O)N3C(C(=O)[O-])=C(C[n+]4cc5sccn5c4C=O)CS[C@H]23)ns1. The number of anilines is 1. The molecular formula is C20H17FN8O6S3. The number of nitrogens with zero attached hydrogens (tertiary/aromatic N) is 6. The smallest absolute Gasteiger partial charge is 0.328 e. The number of carboxylic acid groups (broad SMARTS) is 1. The van der Waals surface area contributed by atoms with Gasteiger partial charge in [-0.2, -0.15) is 13.8 Å². The van der Waals surface area contributed by atoms with Crippen LogP contribution in [0.15, 0.2) is 34.2 Å². The number of imidazole rings is 1. The lowest BCUT2D eigenvalue weighted by atomic mass is 10.0. The number of thiazole rings is 1. The summed E-state index contributed by atoms with van der Waals surface area (Å²) in [6.07, 6.45) is 4.11. The molecule has 0 spiro atoms. The zero-order valence-corrected chi connectivity index (χ0v) is 21.6. The maximum atomic E-state index is 13.0. The number of thioether (sulfide) groups is 1. The number of rotatable bonds is 10. The van der Waals surface area contributed by atoms with E-state index in [2.05, 4.69) is 19.8 Å². The van der Waals surface area contributed by atoms with Crippen LogP contribution in [0.2, 0.25) is 0 Å². The zero-order valence-electron chi connectivity index (χ0n) is 19.1. The highest BCUT2D eigenvalue weighted by Crippen LogP contribution is 2.40. The van der Waals surface area contributed by atoms with Gasteiger partial charge in [0.15, 0.2) is 5.13 Å². The lowest BCUT2D eigenvalue weighted by Crippen LogP contribution is -2.71. The Kier molecular flexibility index (Phi) is 7.09. The zero-order chi connectivity index (χ0) is 27.0. The number of aldehydes is 1. The van der Waals surface area contributed by atoms with Gasteiger partial charge in [0.25, 0.3) is 11.8 Å². The number of oxime groups is 1. The number of nitrogens with two attached hydrogens (primary N) is 1. The van der Waals surface area contributed by atoms with Gasteiger partial charge in [-0.1, -0.05) is 16.5 Å². The molecule has 38 heavy (non-hydrogen) atoms. The second kappa shape index (κ2) is 10.5. The van der Waals surface area contributed by atoms with Crippen molar-refractivity contribution in [3.8, 4) is 0 Å². The van der Waals surface area contributed by atoms with Gasteiger partial charge in [0.05, 0.1) is 11.7 Å². The molecule has 0 radical (unpaired) electrons. The standard InChI is InChI=1S/C20H17FN8O6S3/c21-1-3-35-25-12(15-24-20(22)38-26-15)16(31)23-13-17(32)29-14(19(33)34)9(8-37-18(13)29)5-27-6-11-28(2-4-36-11)10(27)7-30/h2,4,6-7,13,18H,1,3,5,8H2,(H3-,22,23,24,26,31,33,34)/b25-12-/t13-,18-/m1/s1. The van der Waals surface area contributed by atoms with E-state index in [0.717, 1.165) is 21.3 Å². The van der Waals surface area contributed by atoms with Crippen LogP contribution < -0.4 is 20.7 Å². The van der Waals surface area contributed by atoms with Crippen LogP contribution in [0.25, 0.3) is 4.83 Å². The van der Waals surface area contributed by atoms with Gasteiger partial charge in [-0.05, 0) is 0 Å². The summed E-state index contributed by atoms with van der Waals surface area (Å²) in [6.45, 7) is -1.22. The molecule has 198 valence electrons. The normalized spacial score (nSPS) is 19.3. The van der Waals surface area contributed by atoms with Gasteiger partial charge < -0.3 is 25.8 Å². The lowest BCUT2D eigenvalue weighted by Gasteiger charge is -2.50. The molecule has 1 fully saturated rings. The minimum atomic E-state index is -1.55. The molecule has 2 atom stereocenters. The Morgan fingerprint density at radius 1 is 1.45 bits per heavy atom.